The zero-order valence-corrected chi connectivity index (χ0v) is 10.2. The fourth-order valence-corrected chi connectivity index (χ4v) is 1.92. The van der Waals surface area contributed by atoms with Gasteiger partial charge in [0.05, 0.1) is 0 Å². The summed E-state index contributed by atoms with van der Waals surface area (Å²) in [4.78, 5) is 0. The minimum atomic E-state index is -0.152. The van der Waals surface area contributed by atoms with Gasteiger partial charge in [0, 0.05) is 5.88 Å². The SMILES string of the molecule is Fc1ccc(-c2cc[c]cc2)cc1CCCCl. The molecular weight excluding hydrogens is 235 g/mol. The maximum absolute atomic E-state index is 13.6. The van der Waals surface area contributed by atoms with Gasteiger partial charge in [0.2, 0.25) is 0 Å². The Morgan fingerprint density at radius 1 is 1.06 bits per heavy atom. The zero-order valence-electron chi connectivity index (χ0n) is 9.42. The molecule has 0 aliphatic carbocycles. The monoisotopic (exact) mass is 247 g/mol. The van der Waals surface area contributed by atoms with E-state index in [0.717, 1.165) is 23.1 Å². The van der Waals surface area contributed by atoms with Crippen molar-refractivity contribution in [3.05, 3.63) is 59.9 Å². The van der Waals surface area contributed by atoms with Crippen LogP contribution in [-0.2, 0) is 6.42 Å². The lowest BCUT2D eigenvalue weighted by molar-refractivity contribution is 0.608. The molecule has 2 rings (SSSR count). The van der Waals surface area contributed by atoms with Crippen molar-refractivity contribution < 1.29 is 4.39 Å². The van der Waals surface area contributed by atoms with Gasteiger partial charge in [0.15, 0.2) is 0 Å². The fourth-order valence-electron chi connectivity index (χ4n) is 1.78. The van der Waals surface area contributed by atoms with Crippen LogP contribution in [0.25, 0.3) is 11.1 Å². The average molecular weight is 248 g/mol. The second-order valence-electron chi connectivity index (χ2n) is 3.89. The van der Waals surface area contributed by atoms with Crippen LogP contribution in [0.5, 0.6) is 0 Å². The van der Waals surface area contributed by atoms with Gasteiger partial charge < -0.3 is 0 Å². The molecule has 2 aromatic rings. The molecule has 0 heterocycles. The Bertz CT molecular complexity index is 480. The number of benzene rings is 2. The van der Waals surface area contributed by atoms with Crippen molar-refractivity contribution in [2.45, 2.75) is 12.8 Å². The van der Waals surface area contributed by atoms with E-state index in [1.54, 1.807) is 6.07 Å². The molecule has 0 amide bonds. The molecule has 2 heteroatoms. The topological polar surface area (TPSA) is 0 Å². The summed E-state index contributed by atoms with van der Waals surface area (Å²) in [6.45, 7) is 0. The third kappa shape index (κ3) is 3.07. The highest BCUT2D eigenvalue weighted by Crippen LogP contribution is 2.22. The molecule has 0 bridgehead atoms. The van der Waals surface area contributed by atoms with E-state index in [1.807, 2.05) is 30.3 Å². The number of hydrogen-bond donors (Lipinski definition) is 0. The Balaban J connectivity index is 2.31. The lowest BCUT2D eigenvalue weighted by Gasteiger charge is -2.06. The molecule has 0 fully saturated rings. The van der Waals surface area contributed by atoms with Crippen LogP contribution in [0.4, 0.5) is 4.39 Å². The molecule has 17 heavy (non-hydrogen) atoms. The molecule has 0 spiro atoms. The maximum Gasteiger partial charge on any atom is 0.126 e. The Morgan fingerprint density at radius 3 is 2.53 bits per heavy atom. The van der Waals surface area contributed by atoms with E-state index < -0.39 is 0 Å². The number of alkyl halides is 1. The highest BCUT2D eigenvalue weighted by Gasteiger charge is 2.04. The summed E-state index contributed by atoms with van der Waals surface area (Å²) >= 11 is 5.63. The first kappa shape index (κ1) is 12.1. The molecule has 1 radical (unpaired) electrons. The van der Waals surface area contributed by atoms with Crippen molar-refractivity contribution in [3.63, 3.8) is 0 Å². The van der Waals surface area contributed by atoms with Crippen molar-refractivity contribution in [1.29, 1.82) is 0 Å². The highest BCUT2D eigenvalue weighted by atomic mass is 35.5. The second kappa shape index (κ2) is 5.83. The largest absolute Gasteiger partial charge is 0.207 e. The van der Waals surface area contributed by atoms with E-state index in [9.17, 15) is 4.39 Å². The Kier molecular flexibility index (Phi) is 4.16. The first-order chi connectivity index (χ1) is 8.31. The summed E-state index contributed by atoms with van der Waals surface area (Å²) in [7, 11) is 0. The third-order valence-electron chi connectivity index (χ3n) is 2.68. The minimum absolute atomic E-state index is 0.152. The summed E-state index contributed by atoms with van der Waals surface area (Å²) in [5.41, 5.74) is 2.84. The van der Waals surface area contributed by atoms with Gasteiger partial charge in [-0.1, -0.05) is 30.3 Å². The van der Waals surface area contributed by atoms with Crippen LogP contribution >= 0.6 is 11.6 Å². The molecule has 0 aliphatic rings. The van der Waals surface area contributed by atoms with Gasteiger partial charge in [0.25, 0.3) is 0 Å². The van der Waals surface area contributed by atoms with Crippen LogP contribution < -0.4 is 0 Å². The normalized spacial score (nSPS) is 10.5. The van der Waals surface area contributed by atoms with Gasteiger partial charge in [-0.2, -0.15) is 0 Å². The third-order valence-corrected chi connectivity index (χ3v) is 2.94. The number of rotatable bonds is 4. The van der Waals surface area contributed by atoms with Crippen molar-refractivity contribution in [3.8, 4) is 11.1 Å². The van der Waals surface area contributed by atoms with Gasteiger partial charge >= 0.3 is 0 Å². The quantitative estimate of drug-likeness (QED) is 0.700. The maximum atomic E-state index is 13.6. The number of halogens is 2. The molecule has 0 N–H and O–H groups in total. The Morgan fingerprint density at radius 2 is 1.82 bits per heavy atom. The van der Waals surface area contributed by atoms with Gasteiger partial charge in [-0.05, 0) is 47.7 Å². The molecule has 0 aliphatic heterocycles. The van der Waals surface area contributed by atoms with Crippen molar-refractivity contribution in [1.82, 2.24) is 0 Å². The van der Waals surface area contributed by atoms with Crippen LogP contribution in [0.2, 0.25) is 0 Å². The molecule has 0 atom stereocenters. The molecule has 2 aromatic carbocycles. The van der Waals surface area contributed by atoms with Gasteiger partial charge in [-0.3, -0.25) is 0 Å². The van der Waals surface area contributed by atoms with E-state index >= 15 is 0 Å². The minimum Gasteiger partial charge on any atom is -0.207 e. The predicted molar refractivity (Wildman–Crippen MR) is 69.7 cm³/mol. The van der Waals surface area contributed by atoms with Crippen LogP contribution in [0.3, 0.4) is 0 Å². The molecule has 0 nitrogen and oxygen atoms in total. The van der Waals surface area contributed by atoms with Gasteiger partial charge in [-0.25, -0.2) is 4.39 Å². The summed E-state index contributed by atoms with van der Waals surface area (Å²) in [5.74, 6) is 0.408. The molecule has 87 valence electrons. The van der Waals surface area contributed by atoms with E-state index in [4.69, 9.17) is 11.6 Å². The standard InChI is InChI=1S/C15H13ClF/c16-10-4-7-14-11-13(8-9-15(14)17)12-5-2-1-3-6-12/h2-3,5-6,8-9,11H,4,7,10H2. The van der Waals surface area contributed by atoms with Crippen LogP contribution in [-0.4, -0.2) is 5.88 Å². The molecule has 0 saturated carbocycles. The van der Waals surface area contributed by atoms with E-state index in [2.05, 4.69) is 6.07 Å². The Labute approximate surface area is 106 Å². The van der Waals surface area contributed by atoms with E-state index in [1.165, 1.54) is 6.07 Å². The van der Waals surface area contributed by atoms with Crippen molar-refractivity contribution >= 4 is 11.6 Å². The second-order valence-corrected chi connectivity index (χ2v) is 4.27. The molecule has 0 saturated heterocycles. The highest BCUT2D eigenvalue weighted by molar-refractivity contribution is 6.17. The van der Waals surface area contributed by atoms with Gasteiger partial charge in [-0.15, -0.1) is 11.6 Å². The number of aryl methyl sites for hydroxylation is 1. The lowest BCUT2D eigenvalue weighted by Crippen LogP contribution is -1.92. The fraction of sp³-hybridized carbons (Fsp3) is 0.200. The van der Waals surface area contributed by atoms with Gasteiger partial charge in [0.1, 0.15) is 5.82 Å². The van der Waals surface area contributed by atoms with Crippen molar-refractivity contribution in [2.24, 2.45) is 0 Å². The first-order valence-electron chi connectivity index (χ1n) is 5.62. The predicted octanol–water partition coefficient (Wildman–Crippen LogP) is 4.46. The number of hydrogen-bond acceptors (Lipinski definition) is 0. The van der Waals surface area contributed by atoms with Crippen LogP contribution in [0.1, 0.15) is 12.0 Å². The summed E-state index contributed by atoms with van der Waals surface area (Å²) in [6, 6.07) is 15.9. The molecular formula is C15H13ClF. The smallest absolute Gasteiger partial charge is 0.126 e. The zero-order chi connectivity index (χ0) is 12.1. The van der Waals surface area contributed by atoms with Crippen LogP contribution in [0.15, 0.2) is 42.5 Å². The summed E-state index contributed by atoms with van der Waals surface area (Å²) < 4.78 is 13.6. The van der Waals surface area contributed by atoms with E-state index in [0.29, 0.717) is 12.3 Å². The van der Waals surface area contributed by atoms with Crippen molar-refractivity contribution in [2.75, 3.05) is 5.88 Å². The average Bonchev–Trinajstić information content (AvgIpc) is 2.39. The van der Waals surface area contributed by atoms with E-state index in [-0.39, 0.29) is 5.82 Å². The van der Waals surface area contributed by atoms with Crippen LogP contribution in [0, 0.1) is 11.9 Å². The Hall–Kier alpha value is -1.34. The molecule has 0 aromatic heterocycles. The summed E-state index contributed by atoms with van der Waals surface area (Å²) in [6.07, 6.45) is 1.48. The summed E-state index contributed by atoms with van der Waals surface area (Å²) in [5, 5.41) is 0. The molecule has 0 unspecified atom stereocenters. The first-order valence-corrected chi connectivity index (χ1v) is 6.15. The lowest BCUT2D eigenvalue weighted by atomic mass is 10.0.